The van der Waals surface area contributed by atoms with Crippen LogP contribution in [-0.2, 0) is 6.54 Å². The highest BCUT2D eigenvalue weighted by molar-refractivity contribution is 5.43. The molecule has 0 saturated heterocycles. The monoisotopic (exact) mass is 275 g/mol. The Morgan fingerprint density at radius 1 is 1.40 bits per heavy atom. The second-order valence-corrected chi connectivity index (χ2v) is 6.31. The van der Waals surface area contributed by atoms with Crippen molar-refractivity contribution in [3.05, 3.63) is 23.9 Å². The fourth-order valence-electron chi connectivity index (χ4n) is 2.40. The summed E-state index contributed by atoms with van der Waals surface area (Å²) < 4.78 is 0. The molecule has 0 aromatic carbocycles. The third-order valence-electron chi connectivity index (χ3n) is 3.80. The number of hydrogen-bond acceptors (Lipinski definition) is 3. The summed E-state index contributed by atoms with van der Waals surface area (Å²) in [4.78, 5) is 7.12. The number of hydrogen-bond donors (Lipinski definition) is 1. The normalized spacial score (nSPS) is 14.8. The first-order valence-electron chi connectivity index (χ1n) is 8.13. The Morgan fingerprint density at radius 3 is 2.85 bits per heavy atom. The maximum atomic E-state index is 4.61. The van der Waals surface area contributed by atoms with Crippen LogP contribution in [-0.4, -0.2) is 24.1 Å². The van der Waals surface area contributed by atoms with E-state index < -0.39 is 0 Å². The SMILES string of the molecule is CCCNCc1ccnc(N(CCC(C)C)C2CC2)c1. The van der Waals surface area contributed by atoms with Gasteiger partial charge in [-0.15, -0.1) is 0 Å². The van der Waals surface area contributed by atoms with Crippen molar-refractivity contribution in [3.8, 4) is 0 Å². The van der Waals surface area contributed by atoms with Gasteiger partial charge in [-0.2, -0.15) is 0 Å². The van der Waals surface area contributed by atoms with Gasteiger partial charge in [0.25, 0.3) is 0 Å². The van der Waals surface area contributed by atoms with E-state index in [-0.39, 0.29) is 0 Å². The minimum absolute atomic E-state index is 0.736. The van der Waals surface area contributed by atoms with Crippen LogP contribution in [0.25, 0.3) is 0 Å². The molecule has 3 nitrogen and oxygen atoms in total. The average Bonchev–Trinajstić information content (AvgIpc) is 3.24. The highest BCUT2D eigenvalue weighted by Crippen LogP contribution is 2.31. The zero-order valence-corrected chi connectivity index (χ0v) is 13.2. The molecular formula is C17H29N3. The fraction of sp³-hybridized carbons (Fsp3) is 0.706. The summed E-state index contributed by atoms with van der Waals surface area (Å²) in [6.45, 7) is 9.96. The van der Waals surface area contributed by atoms with Gasteiger partial charge in [0.15, 0.2) is 0 Å². The van der Waals surface area contributed by atoms with Crippen LogP contribution in [0.1, 0.15) is 52.0 Å². The van der Waals surface area contributed by atoms with Gasteiger partial charge in [0.1, 0.15) is 5.82 Å². The second kappa shape index (κ2) is 7.63. The van der Waals surface area contributed by atoms with Crippen LogP contribution in [0.15, 0.2) is 18.3 Å². The maximum absolute atomic E-state index is 4.61. The van der Waals surface area contributed by atoms with E-state index >= 15 is 0 Å². The molecule has 0 radical (unpaired) electrons. The average molecular weight is 275 g/mol. The Balaban J connectivity index is 1.98. The molecular weight excluding hydrogens is 246 g/mol. The molecule has 0 atom stereocenters. The zero-order chi connectivity index (χ0) is 14.4. The Hall–Kier alpha value is -1.09. The highest BCUT2D eigenvalue weighted by atomic mass is 15.2. The molecule has 0 amide bonds. The minimum atomic E-state index is 0.736. The molecule has 0 bridgehead atoms. The zero-order valence-electron chi connectivity index (χ0n) is 13.2. The Labute approximate surface area is 123 Å². The number of nitrogens with zero attached hydrogens (tertiary/aromatic N) is 2. The van der Waals surface area contributed by atoms with Gasteiger partial charge in [-0.05, 0) is 55.8 Å². The van der Waals surface area contributed by atoms with Crippen molar-refractivity contribution >= 4 is 5.82 Å². The van der Waals surface area contributed by atoms with E-state index in [9.17, 15) is 0 Å². The topological polar surface area (TPSA) is 28.2 Å². The summed E-state index contributed by atoms with van der Waals surface area (Å²) in [5.41, 5.74) is 1.35. The highest BCUT2D eigenvalue weighted by Gasteiger charge is 2.29. The molecule has 1 N–H and O–H groups in total. The van der Waals surface area contributed by atoms with E-state index in [0.717, 1.165) is 31.6 Å². The molecule has 1 aliphatic carbocycles. The summed E-state index contributed by atoms with van der Waals surface area (Å²) in [6.07, 6.45) is 7.05. The lowest BCUT2D eigenvalue weighted by Gasteiger charge is -2.25. The Morgan fingerprint density at radius 2 is 2.20 bits per heavy atom. The largest absolute Gasteiger partial charge is 0.354 e. The predicted octanol–water partition coefficient (Wildman–Crippen LogP) is 3.60. The summed E-state index contributed by atoms with van der Waals surface area (Å²) in [5.74, 6) is 1.93. The van der Waals surface area contributed by atoms with Crippen LogP contribution in [0.3, 0.4) is 0 Å². The summed E-state index contributed by atoms with van der Waals surface area (Å²) in [5, 5.41) is 3.47. The fourth-order valence-corrected chi connectivity index (χ4v) is 2.40. The molecule has 2 rings (SSSR count). The Bertz CT molecular complexity index is 399. The standard InChI is InChI=1S/C17H29N3/c1-4-9-18-13-15-7-10-19-17(12-15)20(16-5-6-16)11-8-14(2)3/h7,10,12,14,16,18H,4-6,8-9,11,13H2,1-3H3. The molecule has 0 unspecified atom stereocenters. The molecule has 1 aromatic heterocycles. The van der Waals surface area contributed by atoms with Crippen LogP contribution in [0.5, 0.6) is 0 Å². The van der Waals surface area contributed by atoms with Crippen molar-refractivity contribution in [1.82, 2.24) is 10.3 Å². The molecule has 1 saturated carbocycles. The van der Waals surface area contributed by atoms with Crippen LogP contribution in [0.4, 0.5) is 5.82 Å². The molecule has 0 aliphatic heterocycles. The van der Waals surface area contributed by atoms with Gasteiger partial charge in [0.05, 0.1) is 0 Å². The van der Waals surface area contributed by atoms with Crippen molar-refractivity contribution in [2.75, 3.05) is 18.0 Å². The number of aromatic nitrogens is 1. The molecule has 1 aromatic rings. The van der Waals surface area contributed by atoms with Gasteiger partial charge in [-0.1, -0.05) is 20.8 Å². The van der Waals surface area contributed by atoms with Gasteiger partial charge in [0.2, 0.25) is 0 Å². The predicted molar refractivity (Wildman–Crippen MR) is 86.1 cm³/mol. The molecule has 1 fully saturated rings. The van der Waals surface area contributed by atoms with E-state index in [0.29, 0.717) is 0 Å². The van der Waals surface area contributed by atoms with Gasteiger partial charge in [-0.25, -0.2) is 4.98 Å². The maximum Gasteiger partial charge on any atom is 0.129 e. The smallest absolute Gasteiger partial charge is 0.129 e. The molecule has 1 heterocycles. The lowest BCUT2D eigenvalue weighted by atomic mass is 10.1. The first-order chi connectivity index (χ1) is 9.70. The lowest BCUT2D eigenvalue weighted by molar-refractivity contribution is 0.568. The number of anilines is 1. The van der Waals surface area contributed by atoms with E-state index in [1.54, 1.807) is 0 Å². The number of nitrogens with one attached hydrogen (secondary N) is 1. The van der Waals surface area contributed by atoms with Crippen molar-refractivity contribution in [1.29, 1.82) is 0 Å². The first-order valence-corrected chi connectivity index (χ1v) is 8.13. The van der Waals surface area contributed by atoms with E-state index in [1.807, 2.05) is 6.20 Å². The van der Waals surface area contributed by atoms with Gasteiger partial charge >= 0.3 is 0 Å². The molecule has 3 heteroatoms. The molecule has 20 heavy (non-hydrogen) atoms. The van der Waals surface area contributed by atoms with Gasteiger partial charge < -0.3 is 10.2 Å². The summed E-state index contributed by atoms with van der Waals surface area (Å²) in [7, 11) is 0. The van der Waals surface area contributed by atoms with Gasteiger partial charge in [-0.3, -0.25) is 0 Å². The van der Waals surface area contributed by atoms with Crippen molar-refractivity contribution < 1.29 is 0 Å². The van der Waals surface area contributed by atoms with Crippen LogP contribution in [0, 0.1) is 5.92 Å². The van der Waals surface area contributed by atoms with Gasteiger partial charge in [0, 0.05) is 25.3 Å². The lowest BCUT2D eigenvalue weighted by Crippen LogP contribution is -2.28. The Kier molecular flexibility index (Phi) is 5.84. The van der Waals surface area contributed by atoms with Crippen molar-refractivity contribution in [3.63, 3.8) is 0 Å². The number of rotatable bonds is 9. The molecule has 112 valence electrons. The van der Waals surface area contributed by atoms with Crippen molar-refractivity contribution in [2.45, 2.75) is 59.0 Å². The second-order valence-electron chi connectivity index (χ2n) is 6.31. The van der Waals surface area contributed by atoms with Crippen LogP contribution in [0.2, 0.25) is 0 Å². The third kappa shape index (κ3) is 4.78. The van der Waals surface area contributed by atoms with Crippen LogP contribution < -0.4 is 10.2 Å². The minimum Gasteiger partial charge on any atom is -0.354 e. The molecule has 0 spiro atoms. The van der Waals surface area contributed by atoms with E-state index in [4.69, 9.17) is 0 Å². The quantitative estimate of drug-likeness (QED) is 0.698. The third-order valence-corrected chi connectivity index (χ3v) is 3.80. The summed E-state index contributed by atoms with van der Waals surface area (Å²) in [6, 6.07) is 5.13. The van der Waals surface area contributed by atoms with E-state index in [1.165, 1.54) is 37.1 Å². The first kappa shape index (κ1) is 15.3. The number of pyridine rings is 1. The van der Waals surface area contributed by atoms with Crippen molar-refractivity contribution in [2.24, 2.45) is 5.92 Å². The van der Waals surface area contributed by atoms with Crippen LogP contribution >= 0.6 is 0 Å². The van der Waals surface area contributed by atoms with E-state index in [2.05, 4.69) is 48.1 Å². The summed E-state index contributed by atoms with van der Waals surface area (Å²) >= 11 is 0. The molecule has 1 aliphatic rings.